The molecule has 2 amide bonds. The lowest BCUT2D eigenvalue weighted by Crippen LogP contribution is -2.57. The van der Waals surface area contributed by atoms with Crippen LogP contribution in [0.1, 0.15) is 60.0 Å². The Balaban J connectivity index is 1.39. The van der Waals surface area contributed by atoms with Crippen LogP contribution >= 0.6 is 22.9 Å². The van der Waals surface area contributed by atoms with Gasteiger partial charge < -0.3 is 20.3 Å². The number of ether oxygens (including phenoxy) is 1. The summed E-state index contributed by atoms with van der Waals surface area (Å²) in [7, 11) is 0. The largest absolute Gasteiger partial charge is 0.396 e. The lowest BCUT2D eigenvalue weighted by Gasteiger charge is -2.58. The Morgan fingerprint density at radius 1 is 1.30 bits per heavy atom. The number of hydrogen-bond acceptors (Lipinski definition) is 9. The number of aromatic nitrogens is 2. The van der Waals surface area contributed by atoms with Crippen molar-refractivity contribution in [2.45, 2.75) is 51.6 Å². The van der Waals surface area contributed by atoms with Gasteiger partial charge in [0, 0.05) is 60.6 Å². The molecule has 5 atom stereocenters. The number of aliphatic hydroxyl groups is 2. The molecule has 12 heteroatoms. The van der Waals surface area contributed by atoms with Crippen LogP contribution in [0.5, 0.6) is 0 Å². The standard InChI is InChI=1S/C28H38ClN5O5S/c1-27-5-3-21(36)28(2,16-35)20(27)15-19-24(18(27)14-23(37)31-7-8-34-9-11-39-12-10-34)32-26(40-19)33-25(38)17-4-6-30-22(29)13-17/h4,6,13,18,20-21,35-36H,3,5,7-12,14-16H2,1-2H3,(H,31,37)(H,32,33,38)/t18-,20+,21-,27+,28+/m1/s1. The van der Waals surface area contributed by atoms with Gasteiger partial charge in [-0.15, -0.1) is 11.3 Å². The summed E-state index contributed by atoms with van der Waals surface area (Å²) in [6.45, 7) is 8.45. The Morgan fingerprint density at radius 3 is 2.80 bits per heavy atom. The van der Waals surface area contributed by atoms with Crippen molar-refractivity contribution in [3.63, 3.8) is 0 Å². The van der Waals surface area contributed by atoms with Crippen LogP contribution in [0.3, 0.4) is 0 Å². The Morgan fingerprint density at radius 2 is 2.08 bits per heavy atom. The van der Waals surface area contributed by atoms with Crippen LogP contribution in [-0.2, 0) is 16.0 Å². The molecule has 0 spiro atoms. The van der Waals surface area contributed by atoms with Gasteiger partial charge in [0.05, 0.1) is 31.6 Å². The number of halogens is 1. The molecule has 40 heavy (non-hydrogen) atoms. The molecule has 0 radical (unpaired) electrons. The molecule has 0 bridgehead atoms. The number of aliphatic hydroxyl groups excluding tert-OH is 2. The van der Waals surface area contributed by atoms with Gasteiger partial charge in [-0.2, -0.15) is 0 Å². The Kier molecular flexibility index (Phi) is 8.80. The molecule has 1 saturated carbocycles. The van der Waals surface area contributed by atoms with Crippen LogP contribution in [0.2, 0.25) is 5.15 Å². The van der Waals surface area contributed by atoms with E-state index in [9.17, 15) is 19.8 Å². The van der Waals surface area contributed by atoms with Gasteiger partial charge in [-0.3, -0.25) is 19.8 Å². The smallest absolute Gasteiger partial charge is 0.257 e. The lowest BCUT2D eigenvalue weighted by atomic mass is 9.47. The zero-order valence-corrected chi connectivity index (χ0v) is 24.6. The highest BCUT2D eigenvalue weighted by Gasteiger charge is 2.59. The predicted octanol–water partition coefficient (Wildman–Crippen LogP) is 2.70. The molecule has 2 aliphatic carbocycles. The van der Waals surface area contributed by atoms with Crippen molar-refractivity contribution >= 4 is 39.9 Å². The van der Waals surface area contributed by atoms with E-state index in [2.05, 4.69) is 27.4 Å². The van der Waals surface area contributed by atoms with Crippen molar-refractivity contribution < 1.29 is 24.5 Å². The first-order valence-corrected chi connectivity index (χ1v) is 15.1. The second-order valence-corrected chi connectivity index (χ2v) is 13.2. The minimum Gasteiger partial charge on any atom is -0.396 e. The fourth-order valence-corrected chi connectivity index (χ4v) is 8.09. The number of pyridine rings is 1. The third-order valence-electron chi connectivity index (χ3n) is 9.35. The highest BCUT2D eigenvalue weighted by molar-refractivity contribution is 7.15. The number of nitrogens with one attached hydrogen (secondary N) is 2. The summed E-state index contributed by atoms with van der Waals surface area (Å²) in [5, 5.41) is 28.1. The fraction of sp³-hybridized carbons (Fsp3) is 0.643. The second kappa shape index (κ2) is 12.0. The molecule has 1 aliphatic heterocycles. The number of thiazole rings is 1. The molecular weight excluding hydrogens is 554 g/mol. The normalized spacial score (nSPS) is 30.3. The molecule has 2 aromatic heterocycles. The van der Waals surface area contributed by atoms with Crippen molar-refractivity contribution in [3.8, 4) is 0 Å². The van der Waals surface area contributed by atoms with Gasteiger partial charge in [-0.25, -0.2) is 9.97 Å². The van der Waals surface area contributed by atoms with E-state index in [1.165, 1.54) is 23.6 Å². The monoisotopic (exact) mass is 591 g/mol. The van der Waals surface area contributed by atoms with Gasteiger partial charge in [0.25, 0.3) is 5.91 Å². The van der Waals surface area contributed by atoms with E-state index in [0.717, 1.165) is 30.2 Å². The van der Waals surface area contributed by atoms with E-state index in [-0.39, 0.29) is 47.2 Å². The first-order chi connectivity index (χ1) is 19.1. The molecule has 4 N–H and O–H groups in total. The number of carbonyl (C=O) groups excluding carboxylic acids is 2. The van der Waals surface area contributed by atoms with Gasteiger partial charge in [-0.05, 0) is 42.7 Å². The Labute approximate surface area is 243 Å². The Hall–Kier alpha value is -2.15. The molecule has 1 saturated heterocycles. The molecule has 10 nitrogen and oxygen atoms in total. The molecule has 2 fully saturated rings. The maximum absolute atomic E-state index is 13.3. The lowest BCUT2D eigenvalue weighted by molar-refractivity contribution is -0.144. The molecule has 0 aromatic carbocycles. The molecule has 5 rings (SSSR count). The zero-order valence-electron chi connectivity index (χ0n) is 23.0. The van der Waals surface area contributed by atoms with Crippen LogP contribution < -0.4 is 10.6 Å². The summed E-state index contributed by atoms with van der Waals surface area (Å²) in [5.41, 5.74) is 0.128. The summed E-state index contributed by atoms with van der Waals surface area (Å²) in [6, 6.07) is 3.08. The quantitative estimate of drug-likeness (QED) is 0.344. The van der Waals surface area contributed by atoms with Crippen LogP contribution in [0.4, 0.5) is 5.13 Å². The average molecular weight is 592 g/mol. The van der Waals surface area contributed by atoms with Crippen LogP contribution in [0.15, 0.2) is 18.3 Å². The molecule has 2 aromatic rings. The number of morpholine rings is 1. The average Bonchev–Trinajstić information content (AvgIpc) is 3.34. The maximum atomic E-state index is 13.3. The molecule has 218 valence electrons. The minimum atomic E-state index is -0.711. The summed E-state index contributed by atoms with van der Waals surface area (Å²) < 4.78 is 5.41. The summed E-state index contributed by atoms with van der Waals surface area (Å²) in [4.78, 5) is 38.3. The van der Waals surface area contributed by atoms with E-state index >= 15 is 0 Å². The summed E-state index contributed by atoms with van der Waals surface area (Å²) >= 11 is 7.36. The van der Waals surface area contributed by atoms with Crippen LogP contribution in [-0.4, -0.2) is 89.0 Å². The van der Waals surface area contributed by atoms with E-state index in [4.69, 9.17) is 21.3 Å². The van der Waals surface area contributed by atoms with Gasteiger partial charge in [0.1, 0.15) is 5.15 Å². The van der Waals surface area contributed by atoms with Crippen LogP contribution in [0.25, 0.3) is 0 Å². The molecule has 3 aliphatic rings. The highest BCUT2D eigenvalue weighted by Crippen LogP contribution is 2.62. The third-order valence-corrected chi connectivity index (χ3v) is 10.6. The van der Waals surface area contributed by atoms with E-state index < -0.39 is 11.5 Å². The minimum absolute atomic E-state index is 0.0482. The van der Waals surface area contributed by atoms with Crippen molar-refractivity contribution in [1.29, 1.82) is 0 Å². The van der Waals surface area contributed by atoms with E-state index in [0.29, 0.717) is 49.7 Å². The Bertz CT molecular complexity index is 1240. The third kappa shape index (κ3) is 5.77. The SMILES string of the molecule is C[C@]1(CO)[C@H]2Cc3sc(NC(=O)c4ccnc(Cl)c4)nc3[C@@H](CC(=O)NCCN3CCOCC3)[C@]2(C)CC[C@H]1O. The van der Waals surface area contributed by atoms with Gasteiger partial charge in [-0.1, -0.05) is 25.4 Å². The summed E-state index contributed by atoms with van der Waals surface area (Å²) in [6.07, 6.45) is 2.97. The number of anilines is 1. The topological polar surface area (TPSA) is 137 Å². The van der Waals surface area contributed by atoms with E-state index in [1.807, 2.05) is 6.92 Å². The van der Waals surface area contributed by atoms with Gasteiger partial charge in [0.15, 0.2) is 5.13 Å². The van der Waals surface area contributed by atoms with Crippen molar-refractivity contribution in [2.75, 3.05) is 51.3 Å². The number of amides is 2. The molecular formula is C28H38ClN5O5S. The van der Waals surface area contributed by atoms with Crippen molar-refractivity contribution in [3.05, 3.63) is 39.6 Å². The maximum Gasteiger partial charge on any atom is 0.257 e. The van der Waals surface area contributed by atoms with Gasteiger partial charge >= 0.3 is 0 Å². The molecule has 3 heterocycles. The van der Waals surface area contributed by atoms with Crippen molar-refractivity contribution in [2.24, 2.45) is 16.7 Å². The van der Waals surface area contributed by atoms with Crippen molar-refractivity contribution in [1.82, 2.24) is 20.2 Å². The predicted molar refractivity (Wildman–Crippen MR) is 153 cm³/mol. The number of carbonyl (C=O) groups is 2. The summed E-state index contributed by atoms with van der Waals surface area (Å²) in [5.74, 6) is -0.671. The van der Waals surface area contributed by atoms with Gasteiger partial charge in [0.2, 0.25) is 5.91 Å². The van der Waals surface area contributed by atoms with E-state index in [1.54, 1.807) is 6.07 Å². The highest BCUT2D eigenvalue weighted by atomic mass is 35.5. The number of hydrogen-bond donors (Lipinski definition) is 4. The fourth-order valence-electron chi connectivity index (χ4n) is 6.85. The zero-order chi connectivity index (χ0) is 28.5. The number of nitrogens with zero attached hydrogens (tertiary/aromatic N) is 3. The second-order valence-electron chi connectivity index (χ2n) is 11.7. The number of fused-ring (bicyclic) bond motifs is 2. The first kappa shape index (κ1) is 29.3. The van der Waals surface area contributed by atoms with Crippen LogP contribution in [0, 0.1) is 16.7 Å². The first-order valence-electron chi connectivity index (χ1n) is 13.9. The molecule has 0 unspecified atom stereocenters. The number of rotatable bonds is 8.